The van der Waals surface area contributed by atoms with Crippen molar-refractivity contribution in [2.75, 3.05) is 37.9 Å². The van der Waals surface area contributed by atoms with Crippen LogP contribution in [-0.4, -0.2) is 54.5 Å². The molecule has 0 saturated carbocycles. The van der Waals surface area contributed by atoms with Crippen LogP contribution in [0.5, 0.6) is 0 Å². The lowest BCUT2D eigenvalue weighted by molar-refractivity contribution is 0.0442. The molecule has 3 heterocycles. The van der Waals surface area contributed by atoms with Crippen LogP contribution in [0.1, 0.15) is 11.1 Å². The van der Waals surface area contributed by atoms with Crippen molar-refractivity contribution in [1.29, 1.82) is 0 Å². The quantitative estimate of drug-likeness (QED) is 0.786. The second-order valence-electron chi connectivity index (χ2n) is 7.00. The van der Waals surface area contributed by atoms with Gasteiger partial charge >= 0.3 is 6.03 Å². The molecule has 0 atom stereocenters. The van der Waals surface area contributed by atoms with E-state index in [-0.39, 0.29) is 6.03 Å². The number of urea groups is 1. The second-order valence-corrected chi connectivity index (χ2v) is 7.44. The standard InChI is InChI=1S/C21H20ClN5O2/c22-16-6-7-19-18(12-16)20(15-4-2-1-3-5-15)23-13-17-14-26(24-27(17)19)21(28)25-8-10-29-11-9-25/h1-7,12,14,24H,8-11,13H2. The minimum atomic E-state index is -0.100. The summed E-state index contributed by atoms with van der Waals surface area (Å²) in [7, 11) is 0. The Morgan fingerprint density at radius 1 is 1.10 bits per heavy atom. The monoisotopic (exact) mass is 409 g/mol. The maximum absolute atomic E-state index is 12.9. The lowest BCUT2D eigenvalue weighted by Gasteiger charge is -2.31. The highest BCUT2D eigenvalue weighted by atomic mass is 35.5. The van der Waals surface area contributed by atoms with Crippen molar-refractivity contribution in [3.8, 4) is 0 Å². The summed E-state index contributed by atoms with van der Waals surface area (Å²) in [5, 5.41) is 4.06. The van der Waals surface area contributed by atoms with Crippen LogP contribution < -0.4 is 10.5 Å². The Labute approximate surface area is 173 Å². The number of ether oxygens (including phenoxy) is 1. The first-order valence-corrected chi connectivity index (χ1v) is 9.91. The Morgan fingerprint density at radius 2 is 1.90 bits per heavy atom. The predicted octanol–water partition coefficient (Wildman–Crippen LogP) is 3.03. The molecule has 1 N–H and O–H groups in total. The van der Waals surface area contributed by atoms with Crippen LogP contribution in [0.4, 0.5) is 10.5 Å². The smallest absolute Gasteiger partial charge is 0.340 e. The van der Waals surface area contributed by atoms with E-state index in [1.807, 2.05) is 59.7 Å². The molecule has 29 heavy (non-hydrogen) atoms. The summed E-state index contributed by atoms with van der Waals surface area (Å²) in [6.45, 7) is 2.74. The zero-order valence-electron chi connectivity index (χ0n) is 15.7. The SMILES string of the molecule is O=C(N1CCOCC1)N1C=C2CN=C(c3ccccc3)c3cc(Cl)ccc3N2N1. The highest BCUT2D eigenvalue weighted by Gasteiger charge is 2.33. The molecule has 3 aliphatic rings. The highest BCUT2D eigenvalue weighted by molar-refractivity contribution is 6.31. The Kier molecular flexibility index (Phi) is 4.71. The van der Waals surface area contributed by atoms with Crippen molar-refractivity contribution in [3.05, 3.63) is 76.6 Å². The van der Waals surface area contributed by atoms with E-state index in [1.165, 1.54) is 5.01 Å². The molecule has 0 bridgehead atoms. The van der Waals surface area contributed by atoms with Crippen LogP contribution in [0.3, 0.4) is 0 Å². The van der Waals surface area contributed by atoms with Crippen molar-refractivity contribution < 1.29 is 9.53 Å². The number of halogens is 1. The molecule has 2 aromatic rings. The van der Waals surface area contributed by atoms with E-state index in [2.05, 4.69) is 5.53 Å². The molecule has 1 saturated heterocycles. The third kappa shape index (κ3) is 3.37. The van der Waals surface area contributed by atoms with Gasteiger partial charge < -0.3 is 9.64 Å². The number of anilines is 1. The van der Waals surface area contributed by atoms with E-state index in [9.17, 15) is 4.79 Å². The lowest BCUT2D eigenvalue weighted by atomic mass is 10.0. The number of hydrazine groups is 2. The summed E-state index contributed by atoms with van der Waals surface area (Å²) in [5.41, 5.74) is 7.82. The number of hydrogen-bond acceptors (Lipinski definition) is 5. The van der Waals surface area contributed by atoms with Gasteiger partial charge in [0.2, 0.25) is 0 Å². The number of hydrogen-bond donors (Lipinski definition) is 1. The van der Waals surface area contributed by atoms with Crippen molar-refractivity contribution in [2.24, 2.45) is 4.99 Å². The molecule has 0 unspecified atom stereocenters. The molecule has 0 aliphatic carbocycles. The molecule has 8 heteroatoms. The number of amides is 2. The summed E-state index contributed by atoms with van der Waals surface area (Å²) < 4.78 is 5.35. The minimum Gasteiger partial charge on any atom is -0.378 e. The van der Waals surface area contributed by atoms with Crippen LogP contribution >= 0.6 is 11.6 Å². The first kappa shape index (κ1) is 18.2. The summed E-state index contributed by atoms with van der Waals surface area (Å²) >= 11 is 6.31. The third-order valence-electron chi connectivity index (χ3n) is 5.16. The molecule has 0 spiro atoms. The molecule has 1 fully saturated rings. The zero-order chi connectivity index (χ0) is 19.8. The Balaban J connectivity index is 1.51. The van der Waals surface area contributed by atoms with Crippen molar-refractivity contribution in [1.82, 2.24) is 15.4 Å². The maximum Gasteiger partial charge on any atom is 0.340 e. The molecule has 7 nitrogen and oxygen atoms in total. The number of fused-ring (bicyclic) bond motifs is 3. The van der Waals surface area contributed by atoms with Gasteiger partial charge in [-0.1, -0.05) is 41.9 Å². The first-order valence-electron chi connectivity index (χ1n) is 9.53. The number of carbonyl (C=O) groups excluding carboxylic acids is 1. The van der Waals surface area contributed by atoms with Gasteiger partial charge in [-0.25, -0.2) is 9.80 Å². The van der Waals surface area contributed by atoms with Gasteiger partial charge in [-0.05, 0) is 18.2 Å². The van der Waals surface area contributed by atoms with Crippen molar-refractivity contribution in [2.45, 2.75) is 0 Å². The average molecular weight is 410 g/mol. The van der Waals surface area contributed by atoms with Gasteiger partial charge in [-0.3, -0.25) is 10.0 Å². The molecular formula is C21H20ClN5O2. The number of aliphatic imine (C=N–C) groups is 1. The van der Waals surface area contributed by atoms with Gasteiger partial charge in [0, 0.05) is 29.2 Å². The Hall–Kier alpha value is -2.87. The van der Waals surface area contributed by atoms with Gasteiger partial charge in [0.25, 0.3) is 0 Å². The van der Waals surface area contributed by atoms with Crippen LogP contribution in [0, 0.1) is 0 Å². The molecule has 3 aliphatic heterocycles. The Morgan fingerprint density at radius 3 is 2.69 bits per heavy atom. The summed E-state index contributed by atoms with van der Waals surface area (Å²) in [5.74, 6) is 0. The van der Waals surface area contributed by atoms with Crippen molar-refractivity contribution in [3.63, 3.8) is 0 Å². The van der Waals surface area contributed by atoms with E-state index in [1.54, 1.807) is 4.90 Å². The second kappa shape index (κ2) is 7.51. The number of nitrogens with zero attached hydrogens (tertiary/aromatic N) is 4. The fourth-order valence-corrected chi connectivity index (χ4v) is 3.89. The van der Waals surface area contributed by atoms with Crippen LogP contribution in [0.25, 0.3) is 0 Å². The number of benzene rings is 2. The van der Waals surface area contributed by atoms with Gasteiger partial charge in [-0.2, -0.15) is 0 Å². The van der Waals surface area contributed by atoms with E-state index in [4.69, 9.17) is 21.3 Å². The number of carbonyl (C=O) groups is 1. The molecule has 148 valence electrons. The lowest BCUT2D eigenvalue weighted by Crippen LogP contribution is -2.52. The summed E-state index contributed by atoms with van der Waals surface area (Å²) in [6, 6.07) is 15.7. The van der Waals surface area contributed by atoms with Gasteiger partial charge in [0.1, 0.15) is 0 Å². The fourth-order valence-electron chi connectivity index (χ4n) is 3.71. The fraction of sp³-hybridized carbons (Fsp3) is 0.238. The van der Waals surface area contributed by atoms with Crippen molar-refractivity contribution >= 4 is 29.0 Å². The normalized spacial score (nSPS) is 18.6. The summed E-state index contributed by atoms with van der Waals surface area (Å²) in [4.78, 5) is 19.5. The molecule has 2 aromatic carbocycles. The number of nitrogens with one attached hydrogen (secondary N) is 1. The zero-order valence-corrected chi connectivity index (χ0v) is 16.5. The van der Waals surface area contributed by atoms with Crippen LogP contribution in [0.2, 0.25) is 5.02 Å². The largest absolute Gasteiger partial charge is 0.378 e. The van der Waals surface area contributed by atoms with E-state index >= 15 is 0 Å². The molecular weight excluding hydrogens is 390 g/mol. The molecule has 2 amide bonds. The molecule has 0 radical (unpaired) electrons. The van der Waals surface area contributed by atoms with E-state index in [0.717, 1.165) is 28.2 Å². The van der Waals surface area contributed by atoms with Gasteiger partial charge in [0.05, 0.1) is 43.1 Å². The molecule has 5 rings (SSSR count). The molecule has 0 aromatic heterocycles. The van der Waals surface area contributed by atoms with E-state index < -0.39 is 0 Å². The first-order chi connectivity index (χ1) is 14.2. The van der Waals surface area contributed by atoms with Gasteiger partial charge in [0.15, 0.2) is 0 Å². The van der Waals surface area contributed by atoms with Gasteiger partial charge in [-0.15, -0.1) is 5.53 Å². The average Bonchev–Trinajstić information content (AvgIpc) is 3.13. The third-order valence-corrected chi connectivity index (χ3v) is 5.40. The van der Waals surface area contributed by atoms with E-state index in [0.29, 0.717) is 37.9 Å². The van der Waals surface area contributed by atoms with Crippen LogP contribution in [-0.2, 0) is 4.74 Å². The predicted molar refractivity (Wildman–Crippen MR) is 112 cm³/mol. The topological polar surface area (TPSA) is 60.4 Å². The van der Waals surface area contributed by atoms with Crippen LogP contribution in [0.15, 0.2) is 65.4 Å². The minimum absolute atomic E-state index is 0.100. The summed E-state index contributed by atoms with van der Waals surface area (Å²) in [6.07, 6.45) is 1.81. The number of rotatable bonds is 1. The highest BCUT2D eigenvalue weighted by Crippen LogP contribution is 2.33. The number of morpholine rings is 1. The maximum atomic E-state index is 12.9. The Bertz CT molecular complexity index is 1000.